The predicted octanol–water partition coefficient (Wildman–Crippen LogP) is 2.63. The van der Waals surface area contributed by atoms with E-state index >= 15 is 0 Å². The van der Waals surface area contributed by atoms with E-state index in [0.29, 0.717) is 19.6 Å². The quantitative estimate of drug-likeness (QED) is 0.841. The summed E-state index contributed by atoms with van der Waals surface area (Å²) in [7, 11) is 0. The van der Waals surface area contributed by atoms with Crippen molar-refractivity contribution in [1.82, 2.24) is 19.9 Å². The number of benzene rings is 1. The van der Waals surface area contributed by atoms with Crippen molar-refractivity contribution in [3.63, 3.8) is 0 Å². The highest BCUT2D eigenvalue weighted by molar-refractivity contribution is 6.30. The van der Waals surface area contributed by atoms with Crippen LogP contribution in [0.5, 0.6) is 0 Å². The van der Waals surface area contributed by atoms with Gasteiger partial charge in [-0.2, -0.15) is 0 Å². The fraction of sp³-hybridized carbons (Fsp3) is 0.500. The highest BCUT2D eigenvalue weighted by Crippen LogP contribution is 2.30. The maximum Gasteiger partial charge on any atom is 0.222 e. The number of amides is 1. The number of aromatic nitrogens is 3. The van der Waals surface area contributed by atoms with Gasteiger partial charge < -0.3 is 9.64 Å². The summed E-state index contributed by atoms with van der Waals surface area (Å²) in [4.78, 5) is 14.5. The van der Waals surface area contributed by atoms with Crippen LogP contribution in [0.2, 0.25) is 5.02 Å². The lowest BCUT2D eigenvalue weighted by atomic mass is 9.99. The molecule has 132 valence electrons. The number of halogens is 1. The van der Waals surface area contributed by atoms with Crippen molar-refractivity contribution in [1.29, 1.82) is 0 Å². The van der Waals surface area contributed by atoms with E-state index in [4.69, 9.17) is 16.3 Å². The molecule has 1 aromatic heterocycles. The van der Waals surface area contributed by atoms with E-state index in [0.717, 1.165) is 36.5 Å². The van der Waals surface area contributed by atoms with Crippen LogP contribution < -0.4 is 0 Å². The molecule has 7 heteroatoms. The SMILES string of the molecule is O=C(CCCc1ccc(Cl)cc1)N1CC[C@H]2OCc3cnnn3[C@@H]2C1. The second-order valence-corrected chi connectivity index (χ2v) is 7.13. The molecule has 2 aliphatic heterocycles. The highest BCUT2D eigenvalue weighted by Gasteiger charge is 2.37. The smallest absolute Gasteiger partial charge is 0.222 e. The van der Waals surface area contributed by atoms with Gasteiger partial charge in [0.2, 0.25) is 5.91 Å². The molecule has 1 amide bonds. The summed E-state index contributed by atoms with van der Waals surface area (Å²) >= 11 is 5.90. The van der Waals surface area contributed by atoms with Crippen LogP contribution in [-0.2, 0) is 22.6 Å². The van der Waals surface area contributed by atoms with E-state index in [-0.39, 0.29) is 18.1 Å². The Kier molecular flexibility index (Phi) is 4.72. The third kappa shape index (κ3) is 3.55. The van der Waals surface area contributed by atoms with Crippen LogP contribution in [0.4, 0.5) is 0 Å². The molecule has 1 aromatic carbocycles. The molecule has 0 saturated carbocycles. The van der Waals surface area contributed by atoms with Gasteiger partial charge in [-0.05, 0) is 37.0 Å². The minimum absolute atomic E-state index is 0.0835. The zero-order valence-electron chi connectivity index (χ0n) is 14.0. The van der Waals surface area contributed by atoms with Crippen molar-refractivity contribution in [2.24, 2.45) is 0 Å². The van der Waals surface area contributed by atoms with Crippen LogP contribution in [-0.4, -0.2) is 45.0 Å². The summed E-state index contributed by atoms with van der Waals surface area (Å²) in [6.07, 6.45) is 5.02. The Labute approximate surface area is 151 Å². The van der Waals surface area contributed by atoms with Crippen LogP contribution in [0.3, 0.4) is 0 Å². The van der Waals surface area contributed by atoms with Crippen LogP contribution in [0.1, 0.15) is 36.6 Å². The molecule has 0 unspecified atom stereocenters. The molecule has 4 rings (SSSR count). The molecule has 2 aliphatic rings. The zero-order valence-corrected chi connectivity index (χ0v) is 14.7. The van der Waals surface area contributed by atoms with Crippen LogP contribution in [0.25, 0.3) is 0 Å². The molecule has 0 spiro atoms. The number of carbonyl (C=O) groups is 1. The molecule has 6 nitrogen and oxygen atoms in total. The van der Waals surface area contributed by atoms with Crippen molar-refractivity contribution in [2.45, 2.75) is 44.4 Å². The lowest BCUT2D eigenvalue weighted by Crippen LogP contribution is -2.49. The zero-order chi connectivity index (χ0) is 17.2. The summed E-state index contributed by atoms with van der Waals surface area (Å²) < 4.78 is 7.83. The average molecular weight is 361 g/mol. The third-order valence-corrected chi connectivity index (χ3v) is 5.30. The number of carbonyl (C=O) groups excluding carboxylic acids is 1. The number of hydrogen-bond acceptors (Lipinski definition) is 4. The predicted molar refractivity (Wildman–Crippen MR) is 93.2 cm³/mol. The molecule has 3 heterocycles. The Hall–Kier alpha value is -1.92. The van der Waals surface area contributed by atoms with E-state index in [2.05, 4.69) is 10.3 Å². The van der Waals surface area contributed by atoms with Crippen molar-refractivity contribution in [3.05, 3.63) is 46.7 Å². The number of rotatable bonds is 4. The maximum absolute atomic E-state index is 12.6. The largest absolute Gasteiger partial charge is 0.370 e. The molecule has 2 aromatic rings. The lowest BCUT2D eigenvalue weighted by Gasteiger charge is -2.41. The van der Waals surface area contributed by atoms with E-state index in [1.807, 2.05) is 33.8 Å². The molecule has 0 N–H and O–H groups in total. The Morgan fingerprint density at radius 1 is 1.32 bits per heavy atom. The summed E-state index contributed by atoms with van der Waals surface area (Å²) in [6.45, 7) is 1.97. The van der Waals surface area contributed by atoms with Crippen molar-refractivity contribution >= 4 is 17.5 Å². The summed E-state index contributed by atoms with van der Waals surface area (Å²) in [6, 6.07) is 7.90. The first-order valence-corrected chi connectivity index (χ1v) is 9.11. The van der Waals surface area contributed by atoms with E-state index in [1.54, 1.807) is 6.20 Å². The van der Waals surface area contributed by atoms with E-state index < -0.39 is 0 Å². The molecule has 25 heavy (non-hydrogen) atoms. The Bertz CT molecular complexity index is 746. The molecule has 0 radical (unpaired) electrons. The number of aryl methyl sites for hydroxylation is 1. The summed E-state index contributed by atoms with van der Waals surface area (Å²) in [5, 5.41) is 8.90. The molecule has 0 bridgehead atoms. The van der Waals surface area contributed by atoms with Crippen LogP contribution in [0.15, 0.2) is 30.5 Å². The molecule has 1 saturated heterocycles. The van der Waals surface area contributed by atoms with Gasteiger partial charge in [0.15, 0.2) is 0 Å². The van der Waals surface area contributed by atoms with Crippen LogP contribution >= 0.6 is 11.6 Å². The Balaban J connectivity index is 1.32. The fourth-order valence-corrected chi connectivity index (χ4v) is 3.78. The van der Waals surface area contributed by atoms with Gasteiger partial charge in [-0.1, -0.05) is 28.9 Å². The van der Waals surface area contributed by atoms with Gasteiger partial charge in [-0.3, -0.25) is 4.79 Å². The number of likely N-dealkylation sites (tertiary alicyclic amines) is 1. The number of hydrogen-bond donors (Lipinski definition) is 0. The second kappa shape index (κ2) is 7.14. The minimum Gasteiger partial charge on any atom is -0.370 e. The van der Waals surface area contributed by atoms with Gasteiger partial charge in [-0.25, -0.2) is 4.68 Å². The number of fused-ring (bicyclic) bond motifs is 3. The fourth-order valence-electron chi connectivity index (χ4n) is 3.66. The van der Waals surface area contributed by atoms with Gasteiger partial charge in [0.05, 0.1) is 30.6 Å². The number of piperidine rings is 1. The summed E-state index contributed by atoms with van der Waals surface area (Å²) in [5.74, 6) is 0.208. The van der Waals surface area contributed by atoms with Crippen molar-refractivity contribution in [3.8, 4) is 0 Å². The first kappa shape index (κ1) is 16.5. The second-order valence-electron chi connectivity index (χ2n) is 6.70. The molecule has 1 fully saturated rings. The highest BCUT2D eigenvalue weighted by atomic mass is 35.5. The van der Waals surface area contributed by atoms with Gasteiger partial charge in [0, 0.05) is 24.5 Å². The van der Waals surface area contributed by atoms with Crippen molar-refractivity contribution in [2.75, 3.05) is 13.1 Å². The van der Waals surface area contributed by atoms with E-state index in [1.165, 1.54) is 5.56 Å². The van der Waals surface area contributed by atoms with Gasteiger partial charge in [-0.15, -0.1) is 5.10 Å². The summed E-state index contributed by atoms with van der Waals surface area (Å²) in [5.41, 5.74) is 2.20. The van der Waals surface area contributed by atoms with Crippen LogP contribution in [0, 0.1) is 0 Å². The van der Waals surface area contributed by atoms with E-state index in [9.17, 15) is 4.79 Å². The average Bonchev–Trinajstić information content (AvgIpc) is 3.12. The third-order valence-electron chi connectivity index (χ3n) is 5.05. The number of nitrogens with zero attached hydrogens (tertiary/aromatic N) is 4. The lowest BCUT2D eigenvalue weighted by molar-refractivity contribution is -0.138. The Morgan fingerprint density at radius 3 is 3.00 bits per heavy atom. The molecular weight excluding hydrogens is 340 g/mol. The standard InChI is InChI=1S/C18H21ClN4O2/c19-14-6-4-13(5-7-14)2-1-3-18(24)22-9-8-17-16(11-22)23-15(12-25-17)10-20-21-23/h4-7,10,16-17H,1-3,8-9,11-12H2/t16-,17-/m1/s1. The van der Waals surface area contributed by atoms with Crippen molar-refractivity contribution < 1.29 is 9.53 Å². The normalized spacial score (nSPS) is 22.4. The molecular formula is C18H21ClN4O2. The monoisotopic (exact) mass is 360 g/mol. The first-order chi connectivity index (χ1) is 12.2. The van der Waals surface area contributed by atoms with Gasteiger partial charge in [0.25, 0.3) is 0 Å². The molecule has 0 aliphatic carbocycles. The number of ether oxygens (including phenoxy) is 1. The minimum atomic E-state index is 0.0835. The van der Waals surface area contributed by atoms with Gasteiger partial charge >= 0.3 is 0 Å². The topological polar surface area (TPSA) is 60.3 Å². The Morgan fingerprint density at radius 2 is 2.16 bits per heavy atom. The first-order valence-electron chi connectivity index (χ1n) is 8.73. The molecule has 2 atom stereocenters. The van der Waals surface area contributed by atoms with Gasteiger partial charge in [0.1, 0.15) is 0 Å². The maximum atomic E-state index is 12.6.